The van der Waals surface area contributed by atoms with Crippen molar-refractivity contribution >= 4 is 13.9 Å². The molecular weight excluding hydrogens is 381 g/mol. The molecule has 0 aliphatic heterocycles. The number of hydrogen-bond acceptors (Lipinski definition) is 6. The van der Waals surface area contributed by atoms with Crippen molar-refractivity contribution in [3.05, 3.63) is 96.3 Å². The summed E-state index contributed by atoms with van der Waals surface area (Å²) in [4.78, 5) is 11.8. The summed E-state index contributed by atoms with van der Waals surface area (Å²) < 4.78 is 35.2. The zero-order chi connectivity index (χ0) is 19.7. The fourth-order valence-electron chi connectivity index (χ4n) is 2.24. The Hall–Kier alpha value is -2.70. The topological polar surface area (TPSA) is 76.0 Å². The first-order valence-corrected chi connectivity index (χ1v) is 10.0. The first kappa shape index (κ1) is 20.0. The third-order valence-corrected chi connectivity index (χ3v) is 4.99. The number of carbonyl (C=O) groups excluding carboxylic acids is 1. The zero-order valence-electron chi connectivity index (χ0n) is 15.0. The van der Waals surface area contributed by atoms with Crippen LogP contribution in [0.3, 0.4) is 0 Å². The van der Waals surface area contributed by atoms with Gasteiger partial charge >= 0.3 is 13.9 Å². The van der Waals surface area contributed by atoms with Gasteiger partial charge in [-0.3, -0.25) is 13.6 Å². The molecule has 0 aliphatic rings. The number of nitrogens with zero attached hydrogens (tertiary/aromatic N) is 1. The van der Waals surface area contributed by atoms with E-state index >= 15 is 0 Å². The van der Waals surface area contributed by atoms with E-state index in [0.717, 1.165) is 11.1 Å². The number of rotatable bonds is 9. The summed E-state index contributed by atoms with van der Waals surface area (Å²) in [6, 6.07) is 21.8. The molecule has 0 saturated heterocycles. The highest BCUT2D eigenvalue weighted by Crippen LogP contribution is 2.50. The van der Waals surface area contributed by atoms with Crippen LogP contribution in [0, 0.1) is 0 Å². The second-order valence-corrected chi connectivity index (χ2v) is 7.38. The van der Waals surface area contributed by atoms with Gasteiger partial charge < -0.3 is 4.74 Å². The van der Waals surface area contributed by atoms with Crippen LogP contribution in [0.2, 0.25) is 0 Å². The van der Waals surface area contributed by atoms with Gasteiger partial charge in [-0.1, -0.05) is 60.7 Å². The minimum atomic E-state index is -3.97. The zero-order valence-corrected chi connectivity index (χ0v) is 15.9. The Balaban J connectivity index is 1.59. The number of aromatic nitrogens is 1. The number of carbonyl (C=O) groups is 1. The highest BCUT2D eigenvalue weighted by molar-refractivity contribution is 7.48. The number of ether oxygens (including phenoxy) is 1. The first-order valence-electron chi connectivity index (χ1n) is 8.56. The van der Waals surface area contributed by atoms with Crippen molar-refractivity contribution in [2.24, 2.45) is 0 Å². The minimum Gasteiger partial charge on any atom is -0.421 e. The second kappa shape index (κ2) is 10.0. The molecule has 0 aliphatic carbocycles. The quantitative estimate of drug-likeness (QED) is 0.371. The van der Waals surface area contributed by atoms with Gasteiger partial charge in [-0.25, -0.2) is 13.9 Å². The van der Waals surface area contributed by atoms with E-state index < -0.39 is 20.7 Å². The summed E-state index contributed by atoms with van der Waals surface area (Å²) in [6.07, 6.45) is 2.39. The van der Waals surface area contributed by atoms with Crippen LogP contribution in [-0.4, -0.2) is 17.5 Å². The van der Waals surface area contributed by atoms with Gasteiger partial charge in [0.15, 0.2) is 0 Å². The number of phosphoric ester groups is 1. The van der Waals surface area contributed by atoms with Crippen molar-refractivity contribution < 1.29 is 27.7 Å². The van der Waals surface area contributed by atoms with Gasteiger partial charge in [0, 0.05) is 12.4 Å². The van der Waals surface area contributed by atoms with Gasteiger partial charge in [-0.05, 0) is 23.3 Å². The third kappa shape index (κ3) is 6.18. The number of phosphoric acid groups is 1. The molecule has 3 aromatic rings. The molecule has 0 unspecified atom stereocenters. The summed E-state index contributed by atoms with van der Waals surface area (Å²) in [5.41, 5.74) is 1.61. The maximum atomic E-state index is 13.0. The fraction of sp³-hybridized carbons (Fsp3) is 0.150. The third-order valence-electron chi connectivity index (χ3n) is 3.67. The summed E-state index contributed by atoms with van der Waals surface area (Å²) in [7, 11) is -3.97. The average Bonchev–Trinajstić information content (AvgIpc) is 3.28. The predicted octanol–water partition coefficient (Wildman–Crippen LogP) is 4.99. The standard InChI is InChI=1S/C20H20NO6P/c22-20(21-13-7-8-14-21)24-17-27-28(23,25-15-18-9-3-1-4-10-18)26-16-19-11-5-2-6-12-19/h1-14H,15-17H2. The molecule has 3 rings (SSSR count). The normalized spacial score (nSPS) is 11.3. The molecule has 0 fully saturated rings. The summed E-state index contributed by atoms with van der Waals surface area (Å²) >= 11 is 0. The van der Waals surface area contributed by atoms with Gasteiger partial charge in [0.2, 0.25) is 6.79 Å². The average molecular weight is 401 g/mol. The van der Waals surface area contributed by atoms with Gasteiger partial charge in [0.25, 0.3) is 0 Å². The van der Waals surface area contributed by atoms with Gasteiger partial charge in [0.05, 0.1) is 13.2 Å². The van der Waals surface area contributed by atoms with E-state index in [2.05, 4.69) is 0 Å². The maximum absolute atomic E-state index is 13.0. The molecular formula is C20H20NO6P. The lowest BCUT2D eigenvalue weighted by Crippen LogP contribution is -2.14. The molecule has 28 heavy (non-hydrogen) atoms. The van der Waals surface area contributed by atoms with Crippen LogP contribution in [0.5, 0.6) is 0 Å². The summed E-state index contributed by atoms with van der Waals surface area (Å²) in [5, 5.41) is 0. The lowest BCUT2D eigenvalue weighted by molar-refractivity contribution is 0.0180. The van der Waals surface area contributed by atoms with Crippen LogP contribution < -0.4 is 0 Å². The van der Waals surface area contributed by atoms with Crippen molar-refractivity contribution in [2.75, 3.05) is 6.79 Å². The van der Waals surface area contributed by atoms with E-state index in [1.807, 2.05) is 60.7 Å². The molecule has 2 aromatic carbocycles. The Morgan fingerprint density at radius 3 is 1.75 bits per heavy atom. The number of hydrogen-bond donors (Lipinski definition) is 0. The molecule has 0 saturated carbocycles. The molecule has 0 atom stereocenters. The van der Waals surface area contributed by atoms with Crippen LogP contribution in [-0.2, 0) is 36.1 Å². The molecule has 1 heterocycles. The van der Waals surface area contributed by atoms with E-state index in [-0.39, 0.29) is 13.2 Å². The SMILES string of the molecule is O=C(OCOP(=O)(OCc1ccccc1)OCc1ccccc1)n1cccc1. The van der Waals surface area contributed by atoms with Crippen molar-refractivity contribution in [3.8, 4) is 0 Å². The minimum absolute atomic E-state index is 0.0262. The van der Waals surface area contributed by atoms with Crippen LogP contribution in [0.4, 0.5) is 4.79 Å². The van der Waals surface area contributed by atoms with Crippen molar-refractivity contribution in [1.29, 1.82) is 0 Å². The maximum Gasteiger partial charge on any atom is 0.478 e. The lowest BCUT2D eigenvalue weighted by atomic mass is 10.2. The van der Waals surface area contributed by atoms with Gasteiger partial charge in [-0.2, -0.15) is 0 Å². The number of benzene rings is 2. The summed E-state index contributed by atoms with van der Waals surface area (Å²) in [6.45, 7) is -0.519. The molecule has 0 spiro atoms. The molecule has 0 radical (unpaired) electrons. The van der Waals surface area contributed by atoms with E-state index in [1.165, 1.54) is 17.0 Å². The fourth-order valence-corrected chi connectivity index (χ4v) is 3.26. The van der Waals surface area contributed by atoms with E-state index in [4.69, 9.17) is 18.3 Å². The Morgan fingerprint density at radius 1 is 0.750 bits per heavy atom. The molecule has 1 aromatic heterocycles. The molecule has 0 N–H and O–H groups in total. The smallest absolute Gasteiger partial charge is 0.421 e. The molecule has 8 heteroatoms. The van der Waals surface area contributed by atoms with Crippen molar-refractivity contribution in [2.45, 2.75) is 13.2 Å². The van der Waals surface area contributed by atoms with Crippen LogP contribution in [0.15, 0.2) is 85.2 Å². The van der Waals surface area contributed by atoms with Crippen LogP contribution in [0.1, 0.15) is 11.1 Å². The highest BCUT2D eigenvalue weighted by Gasteiger charge is 2.28. The lowest BCUT2D eigenvalue weighted by Gasteiger charge is -2.18. The highest BCUT2D eigenvalue weighted by atomic mass is 31.2. The van der Waals surface area contributed by atoms with Gasteiger partial charge in [0.1, 0.15) is 0 Å². The summed E-state index contributed by atoms with van der Waals surface area (Å²) in [5.74, 6) is 0. The Kier molecular flexibility index (Phi) is 7.17. The first-order chi connectivity index (χ1) is 13.6. The molecule has 146 valence electrons. The molecule has 7 nitrogen and oxygen atoms in total. The molecule has 0 amide bonds. The predicted molar refractivity (Wildman–Crippen MR) is 102 cm³/mol. The Labute approximate surface area is 163 Å². The van der Waals surface area contributed by atoms with Crippen molar-refractivity contribution in [1.82, 2.24) is 4.57 Å². The van der Waals surface area contributed by atoms with Crippen LogP contribution >= 0.6 is 7.82 Å². The molecule has 0 bridgehead atoms. The Morgan fingerprint density at radius 2 is 1.25 bits per heavy atom. The second-order valence-electron chi connectivity index (χ2n) is 5.71. The van der Waals surface area contributed by atoms with E-state index in [0.29, 0.717) is 0 Å². The van der Waals surface area contributed by atoms with Crippen molar-refractivity contribution in [3.63, 3.8) is 0 Å². The van der Waals surface area contributed by atoms with Crippen LogP contribution in [0.25, 0.3) is 0 Å². The van der Waals surface area contributed by atoms with Gasteiger partial charge in [-0.15, -0.1) is 0 Å². The monoisotopic (exact) mass is 401 g/mol. The largest absolute Gasteiger partial charge is 0.478 e. The van der Waals surface area contributed by atoms with E-state index in [1.54, 1.807) is 12.1 Å². The Bertz CT molecular complexity index is 851. The van der Waals surface area contributed by atoms with E-state index in [9.17, 15) is 9.36 Å².